The molecule has 0 heterocycles. The summed E-state index contributed by atoms with van der Waals surface area (Å²) in [4.78, 5) is 24.6. The van der Waals surface area contributed by atoms with Crippen LogP contribution in [0.3, 0.4) is 0 Å². The van der Waals surface area contributed by atoms with Crippen molar-refractivity contribution in [1.82, 2.24) is 0 Å². The number of carbonyl (C=O) groups excluding carboxylic acids is 2. The van der Waals surface area contributed by atoms with Crippen molar-refractivity contribution >= 4 is 11.9 Å². The molecule has 0 bridgehead atoms. The molecule has 29 heavy (non-hydrogen) atoms. The van der Waals surface area contributed by atoms with Crippen molar-refractivity contribution in [3.8, 4) is 5.75 Å². The third kappa shape index (κ3) is 7.48. The fraction of sp³-hybridized carbons (Fsp3) is 0.333. The van der Waals surface area contributed by atoms with Gasteiger partial charge >= 0.3 is 18.3 Å². The highest BCUT2D eigenvalue weighted by atomic mass is 19.4. The first-order chi connectivity index (χ1) is 13.8. The molecular formula is C21H21F3O5. The van der Waals surface area contributed by atoms with E-state index >= 15 is 0 Å². The van der Waals surface area contributed by atoms with E-state index in [1.54, 1.807) is 12.1 Å². The van der Waals surface area contributed by atoms with Crippen molar-refractivity contribution in [3.05, 3.63) is 65.2 Å². The molecule has 0 radical (unpaired) electrons. The summed E-state index contributed by atoms with van der Waals surface area (Å²) in [5.41, 5.74) is 0.625. The molecule has 0 unspecified atom stereocenters. The SMILES string of the molecule is CCCCCOC(=O)c1ccccc1C(=O)OCc1ccc(OC(F)(F)F)cc1. The number of esters is 2. The molecule has 8 heteroatoms. The molecule has 0 saturated carbocycles. The van der Waals surface area contributed by atoms with Gasteiger partial charge in [0.25, 0.3) is 0 Å². The number of alkyl halides is 3. The first-order valence-corrected chi connectivity index (χ1v) is 9.08. The maximum atomic E-state index is 12.4. The predicted molar refractivity (Wildman–Crippen MR) is 98.5 cm³/mol. The smallest absolute Gasteiger partial charge is 0.462 e. The summed E-state index contributed by atoms with van der Waals surface area (Å²) in [6.07, 6.45) is -2.11. The van der Waals surface area contributed by atoms with Gasteiger partial charge in [0.05, 0.1) is 17.7 Å². The van der Waals surface area contributed by atoms with Crippen LogP contribution < -0.4 is 4.74 Å². The molecule has 0 N–H and O–H groups in total. The van der Waals surface area contributed by atoms with Crippen LogP contribution in [0, 0.1) is 0 Å². The van der Waals surface area contributed by atoms with Crippen molar-refractivity contribution in [3.63, 3.8) is 0 Å². The Bertz CT molecular complexity index is 816. The van der Waals surface area contributed by atoms with Crippen LogP contribution >= 0.6 is 0 Å². The predicted octanol–water partition coefficient (Wildman–Crippen LogP) is 5.29. The maximum Gasteiger partial charge on any atom is 0.573 e. The molecule has 5 nitrogen and oxygen atoms in total. The quantitative estimate of drug-likeness (QED) is 0.415. The zero-order chi connectivity index (χ0) is 21.3. The fourth-order valence-electron chi connectivity index (χ4n) is 2.45. The minimum Gasteiger partial charge on any atom is -0.462 e. The van der Waals surface area contributed by atoms with Crippen LogP contribution in [-0.4, -0.2) is 24.9 Å². The van der Waals surface area contributed by atoms with Crippen LogP contribution in [0.2, 0.25) is 0 Å². The fourth-order valence-corrected chi connectivity index (χ4v) is 2.45. The van der Waals surface area contributed by atoms with E-state index < -0.39 is 18.3 Å². The van der Waals surface area contributed by atoms with E-state index in [2.05, 4.69) is 4.74 Å². The molecule has 0 atom stereocenters. The Labute approximate surface area is 166 Å². The standard InChI is InChI=1S/C21H21F3O5/c1-2-3-6-13-27-19(25)17-7-4-5-8-18(17)20(26)28-14-15-9-11-16(12-10-15)29-21(22,23)24/h4-5,7-12H,2-3,6,13-14H2,1H3. The van der Waals surface area contributed by atoms with Gasteiger partial charge in [-0.25, -0.2) is 9.59 Å². The third-order valence-electron chi connectivity index (χ3n) is 3.87. The largest absolute Gasteiger partial charge is 0.573 e. The minimum atomic E-state index is -4.77. The van der Waals surface area contributed by atoms with Gasteiger partial charge in [-0.05, 0) is 36.2 Å². The average molecular weight is 410 g/mol. The summed E-state index contributed by atoms with van der Waals surface area (Å²) in [7, 11) is 0. The Morgan fingerprint density at radius 2 is 1.45 bits per heavy atom. The first-order valence-electron chi connectivity index (χ1n) is 9.08. The number of benzene rings is 2. The molecule has 2 rings (SSSR count). The van der Waals surface area contributed by atoms with Crippen molar-refractivity contribution in [2.24, 2.45) is 0 Å². The molecule has 2 aromatic rings. The molecule has 0 aliphatic rings. The second-order valence-corrected chi connectivity index (χ2v) is 6.16. The van der Waals surface area contributed by atoms with Crippen LogP contribution in [0.5, 0.6) is 5.75 Å². The van der Waals surface area contributed by atoms with E-state index in [0.717, 1.165) is 31.4 Å². The molecule has 0 spiro atoms. The van der Waals surface area contributed by atoms with Crippen molar-refractivity contribution in [2.45, 2.75) is 39.2 Å². The Morgan fingerprint density at radius 1 is 0.862 bits per heavy atom. The van der Waals surface area contributed by atoms with E-state index in [9.17, 15) is 22.8 Å². The summed E-state index contributed by atoms with van der Waals surface area (Å²) in [6, 6.07) is 11.1. The molecule has 2 aromatic carbocycles. The second kappa shape index (κ2) is 10.5. The zero-order valence-corrected chi connectivity index (χ0v) is 15.8. The van der Waals surface area contributed by atoms with E-state index in [4.69, 9.17) is 9.47 Å². The number of rotatable bonds is 9. The number of unbranched alkanes of at least 4 members (excludes halogenated alkanes) is 2. The monoisotopic (exact) mass is 410 g/mol. The molecule has 156 valence electrons. The summed E-state index contributed by atoms with van der Waals surface area (Å²) in [5, 5.41) is 0. The lowest BCUT2D eigenvalue weighted by Gasteiger charge is -2.11. The van der Waals surface area contributed by atoms with Gasteiger partial charge in [0, 0.05) is 0 Å². The van der Waals surface area contributed by atoms with Gasteiger partial charge in [0.1, 0.15) is 12.4 Å². The van der Waals surface area contributed by atoms with Gasteiger partial charge < -0.3 is 14.2 Å². The van der Waals surface area contributed by atoms with Crippen LogP contribution in [0.4, 0.5) is 13.2 Å². The van der Waals surface area contributed by atoms with Crippen LogP contribution in [0.15, 0.2) is 48.5 Å². The molecule has 0 aliphatic carbocycles. The Kier molecular flexibility index (Phi) is 8.06. The Balaban J connectivity index is 1.96. The van der Waals surface area contributed by atoms with Crippen LogP contribution in [0.25, 0.3) is 0 Å². The number of hydrogen-bond donors (Lipinski definition) is 0. The van der Waals surface area contributed by atoms with Gasteiger partial charge in [-0.3, -0.25) is 0 Å². The highest BCUT2D eigenvalue weighted by Crippen LogP contribution is 2.23. The van der Waals surface area contributed by atoms with Crippen molar-refractivity contribution in [2.75, 3.05) is 6.61 Å². The normalized spacial score (nSPS) is 11.0. The highest BCUT2D eigenvalue weighted by Gasteiger charge is 2.31. The first kappa shape index (κ1) is 22.3. The molecule has 0 aliphatic heterocycles. The van der Waals surface area contributed by atoms with Gasteiger partial charge in [0.2, 0.25) is 0 Å². The lowest BCUT2D eigenvalue weighted by Crippen LogP contribution is -2.17. The average Bonchev–Trinajstić information content (AvgIpc) is 2.69. The number of carbonyl (C=O) groups is 2. The van der Waals surface area contributed by atoms with Gasteiger partial charge in [-0.15, -0.1) is 13.2 Å². The zero-order valence-electron chi connectivity index (χ0n) is 15.8. The van der Waals surface area contributed by atoms with Crippen molar-refractivity contribution in [1.29, 1.82) is 0 Å². The number of halogens is 3. The maximum absolute atomic E-state index is 12.4. The Morgan fingerprint density at radius 3 is 2.00 bits per heavy atom. The van der Waals surface area contributed by atoms with E-state index in [-0.39, 0.29) is 30.1 Å². The number of hydrogen-bond acceptors (Lipinski definition) is 5. The topological polar surface area (TPSA) is 61.8 Å². The lowest BCUT2D eigenvalue weighted by molar-refractivity contribution is -0.274. The molecule has 0 aromatic heterocycles. The van der Waals surface area contributed by atoms with Crippen LogP contribution in [-0.2, 0) is 16.1 Å². The van der Waals surface area contributed by atoms with Gasteiger partial charge in [-0.2, -0.15) is 0 Å². The summed E-state index contributed by atoms with van der Waals surface area (Å²) < 4.78 is 50.7. The van der Waals surface area contributed by atoms with E-state index in [0.29, 0.717) is 5.56 Å². The van der Waals surface area contributed by atoms with Crippen molar-refractivity contribution < 1.29 is 37.0 Å². The molecule has 0 fully saturated rings. The molecular weight excluding hydrogens is 389 g/mol. The summed E-state index contributed by atoms with van der Waals surface area (Å²) in [5.74, 6) is -1.72. The summed E-state index contributed by atoms with van der Waals surface area (Å²) in [6.45, 7) is 2.12. The molecule has 0 saturated heterocycles. The molecule has 0 amide bonds. The third-order valence-corrected chi connectivity index (χ3v) is 3.87. The van der Waals surface area contributed by atoms with Gasteiger partial charge in [-0.1, -0.05) is 44.0 Å². The lowest BCUT2D eigenvalue weighted by atomic mass is 10.1. The minimum absolute atomic E-state index is 0.0602. The van der Waals surface area contributed by atoms with Crippen LogP contribution in [0.1, 0.15) is 52.5 Å². The van der Waals surface area contributed by atoms with Gasteiger partial charge in [0.15, 0.2) is 0 Å². The second-order valence-electron chi connectivity index (χ2n) is 6.16. The number of ether oxygens (including phenoxy) is 3. The van der Waals surface area contributed by atoms with E-state index in [1.165, 1.54) is 24.3 Å². The Hall–Kier alpha value is -3.03. The summed E-state index contributed by atoms with van der Waals surface area (Å²) >= 11 is 0. The van der Waals surface area contributed by atoms with E-state index in [1.807, 2.05) is 6.92 Å². The highest BCUT2D eigenvalue weighted by molar-refractivity contribution is 6.03.